The molecule has 8 nitrogen and oxygen atoms in total. The summed E-state index contributed by atoms with van der Waals surface area (Å²) in [6.07, 6.45) is 0. The van der Waals surface area contributed by atoms with Gasteiger partial charge in [0.1, 0.15) is 0 Å². The summed E-state index contributed by atoms with van der Waals surface area (Å²) in [6, 6.07) is 7.57. The lowest BCUT2D eigenvalue weighted by Crippen LogP contribution is -2.37. The van der Waals surface area contributed by atoms with Crippen LogP contribution in [0.15, 0.2) is 29.3 Å². The Hall–Kier alpha value is -2.87. The Balaban J connectivity index is 2.03. The molecule has 0 bridgehead atoms. The Labute approximate surface area is 179 Å². The first-order chi connectivity index (χ1) is 14.4. The number of aromatic nitrogens is 2. The number of ether oxygens (including phenoxy) is 1. The summed E-state index contributed by atoms with van der Waals surface area (Å²) in [7, 11) is 5.19. The van der Waals surface area contributed by atoms with Crippen molar-refractivity contribution in [1.29, 1.82) is 0 Å². The van der Waals surface area contributed by atoms with Crippen molar-refractivity contribution in [2.45, 2.75) is 40.4 Å². The van der Waals surface area contributed by atoms with Crippen LogP contribution in [0.1, 0.15) is 39.8 Å². The number of guanidine groups is 1. The van der Waals surface area contributed by atoms with E-state index in [0.29, 0.717) is 25.3 Å². The average Bonchev–Trinajstić information content (AvgIpc) is 3.01. The fraction of sp³-hybridized carbons (Fsp3) is 0.500. The highest BCUT2D eigenvalue weighted by molar-refractivity contribution is 5.93. The van der Waals surface area contributed by atoms with Crippen molar-refractivity contribution >= 4 is 11.9 Å². The Morgan fingerprint density at radius 2 is 1.90 bits per heavy atom. The standard InChI is InChI=1S/C22H34N6O2/c1-7-23-22(24-14-18-8-10-19(11-9-18)21(29)27(4)5)25-15-20-16(2)26-28(17(20)3)12-13-30-6/h8-11H,7,12-15H2,1-6H3,(H2,23,24,25). The van der Waals surface area contributed by atoms with Crippen LogP contribution in [0, 0.1) is 13.8 Å². The fourth-order valence-corrected chi connectivity index (χ4v) is 3.08. The molecule has 1 aromatic carbocycles. The lowest BCUT2D eigenvalue weighted by atomic mass is 10.1. The number of carbonyl (C=O) groups excluding carboxylic acids is 1. The van der Waals surface area contributed by atoms with Crippen molar-refractivity contribution in [3.8, 4) is 0 Å². The number of aryl methyl sites for hydroxylation is 1. The van der Waals surface area contributed by atoms with Gasteiger partial charge in [0.05, 0.1) is 25.4 Å². The predicted molar refractivity (Wildman–Crippen MR) is 120 cm³/mol. The minimum absolute atomic E-state index is 0.00292. The largest absolute Gasteiger partial charge is 0.383 e. The van der Waals surface area contributed by atoms with Crippen molar-refractivity contribution in [3.05, 3.63) is 52.3 Å². The molecule has 2 N–H and O–H groups in total. The Kier molecular flexibility index (Phi) is 8.86. The molecule has 0 aliphatic heterocycles. The fourth-order valence-electron chi connectivity index (χ4n) is 3.08. The maximum absolute atomic E-state index is 12.0. The molecule has 2 aromatic rings. The summed E-state index contributed by atoms with van der Waals surface area (Å²) in [4.78, 5) is 18.3. The van der Waals surface area contributed by atoms with Crippen molar-refractivity contribution in [1.82, 2.24) is 25.3 Å². The monoisotopic (exact) mass is 414 g/mol. The highest BCUT2D eigenvalue weighted by Gasteiger charge is 2.12. The normalized spacial score (nSPS) is 11.5. The molecular weight excluding hydrogens is 380 g/mol. The van der Waals surface area contributed by atoms with E-state index >= 15 is 0 Å². The lowest BCUT2D eigenvalue weighted by Gasteiger charge is -2.12. The number of nitrogens with zero attached hydrogens (tertiary/aromatic N) is 4. The molecule has 0 saturated heterocycles. The third-order valence-corrected chi connectivity index (χ3v) is 4.84. The molecule has 30 heavy (non-hydrogen) atoms. The van der Waals surface area contributed by atoms with Gasteiger partial charge in [0.15, 0.2) is 5.96 Å². The summed E-state index contributed by atoms with van der Waals surface area (Å²) < 4.78 is 7.14. The van der Waals surface area contributed by atoms with Crippen molar-refractivity contribution < 1.29 is 9.53 Å². The number of rotatable bonds is 9. The highest BCUT2D eigenvalue weighted by atomic mass is 16.5. The summed E-state index contributed by atoms with van der Waals surface area (Å²) in [6.45, 7) is 9.46. The topological polar surface area (TPSA) is 83.8 Å². The van der Waals surface area contributed by atoms with Crippen LogP contribution in [0.3, 0.4) is 0 Å². The molecule has 164 valence electrons. The van der Waals surface area contributed by atoms with Gasteiger partial charge < -0.3 is 20.3 Å². The third-order valence-electron chi connectivity index (χ3n) is 4.84. The SMILES string of the molecule is CCNC(=NCc1ccc(C(=O)N(C)C)cc1)NCc1c(C)nn(CCOC)c1C. The van der Waals surface area contributed by atoms with Gasteiger partial charge in [0.2, 0.25) is 0 Å². The minimum Gasteiger partial charge on any atom is -0.383 e. The van der Waals surface area contributed by atoms with Gasteiger partial charge in [-0.25, -0.2) is 4.99 Å². The van der Waals surface area contributed by atoms with Gasteiger partial charge in [-0.05, 0) is 38.5 Å². The number of amides is 1. The average molecular weight is 415 g/mol. The van der Waals surface area contributed by atoms with Crippen LogP contribution in [-0.2, 0) is 24.4 Å². The number of hydrogen-bond donors (Lipinski definition) is 2. The van der Waals surface area contributed by atoms with E-state index < -0.39 is 0 Å². The molecule has 0 spiro atoms. The second-order valence-electron chi connectivity index (χ2n) is 7.31. The molecule has 0 fully saturated rings. The number of nitrogens with one attached hydrogen (secondary N) is 2. The summed E-state index contributed by atoms with van der Waals surface area (Å²) in [5.74, 6) is 0.742. The molecule has 8 heteroatoms. The zero-order valence-corrected chi connectivity index (χ0v) is 19.0. The van der Waals surface area contributed by atoms with E-state index in [-0.39, 0.29) is 5.91 Å². The van der Waals surface area contributed by atoms with E-state index in [9.17, 15) is 4.79 Å². The summed E-state index contributed by atoms with van der Waals surface area (Å²) >= 11 is 0. The molecule has 1 amide bonds. The van der Waals surface area contributed by atoms with E-state index in [1.807, 2.05) is 42.8 Å². The van der Waals surface area contributed by atoms with Crippen molar-refractivity contribution in [3.63, 3.8) is 0 Å². The molecule has 0 aliphatic rings. The Morgan fingerprint density at radius 3 is 2.50 bits per heavy atom. The zero-order chi connectivity index (χ0) is 22.1. The quantitative estimate of drug-likeness (QED) is 0.485. The van der Waals surface area contributed by atoms with E-state index in [0.717, 1.165) is 36.0 Å². The number of benzene rings is 1. The molecule has 1 heterocycles. The minimum atomic E-state index is -0.00292. The number of methoxy groups -OCH3 is 1. The number of aliphatic imine (C=N–C) groups is 1. The molecule has 0 radical (unpaired) electrons. The van der Waals surface area contributed by atoms with Gasteiger partial charge in [0, 0.05) is 51.1 Å². The molecular formula is C22H34N6O2. The predicted octanol–water partition coefficient (Wildman–Crippen LogP) is 2.10. The molecule has 0 aliphatic carbocycles. The van der Waals surface area contributed by atoms with Crippen LogP contribution >= 0.6 is 0 Å². The van der Waals surface area contributed by atoms with E-state index in [1.54, 1.807) is 26.1 Å². The van der Waals surface area contributed by atoms with Gasteiger partial charge in [-0.3, -0.25) is 9.48 Å². The van der Waals surface area contributed by atoms with Crippen molar-refractivity contribution in [2.75, 3.05) is 34.4 Å². The second kappa shape index (κ2) is 11.3. The van der Waals surface area contributed by atoms with Gasteiger partial charge in [-0.1, -0.05) is 12.1 Å². The smallest absolute Gasteiger partial charge is 0.253 e. The van der Waals surface area contributed by atoms with Crippen molar-refractivity contribution in [2.24, 2.45) is 4.99 Å². The maximum Gasteiger partial charge on any atom is 0.253 e. The summed E-state index contributed by atoms with van der Waals surface area (Å²) in [5, 5.41) is 11.3. The van der Waals surface area contributed by atoms with Gasteiger partial charge in [0.25, 0.3) is 5.91 Å². The van der Waals surface area contributed by atoms with Crippen LogP contribution in [0.25, 0.3) is 0 Å². The Morgan fingerprint density at radius 1 is 1.20 bits per heavy atom. The number of carbonyl (C=O) groups is 1. The van der Waals surface area contributed by atoms with Crippen LogP contribution in [0.5, 0.6) is 0 Å². The maximum atomic E-state index is 12.0. The van der Waals surface area contributed by atoms with E-state index in [4.69, 9.17) is 4.74 Å². The van der Waals surface area contributed by atoms with Crippen LogP contribution in [0.4, 0.5) is 0 Å². The van der Waals surface area contributed by atoms with Crippen LogP contribution in [0.2, 0.25) is 0 Å². The van der Waals surface area contributed by atoms with Gasteiger partial charge in [-0.2, -0.15) is 5.10 Å². The molecule has 0 saturated carbocycles. The summed E-state index contributed by atoms with van der Waals surface area (Å²) in [5.41, 5.74) is 5.03. The molecule has 0 unspecified atom stereocenters. The highest BCUT2D eigenvalue weighted by Crippen LogP contribution is 2.13. The third kappa shape index (κ3) is 6.32. The Bertz CT molecular complexity index is 855. The number of hydrogen-bond acceptors (Lipinski definition) is 4. The first-order valence-corrected chi connectivity index (χ1v) is 10.2. The second-order valence-corrected chi connectivity index (χ2v) is 7.31. The first-order valence-electron chi connectivity index (χ1n) is 10.2. The van der Waals surface area contributed by atoms with E-state index in [2.05, 4.69) is 27.6 Å². The lowest BCUT2D eigenvalue weighted by molar-refractivity contribution is 0.0827. The zero-order valence-electron chi connectivity index (χ0n) is 19.0. The first kappa shape index (κ1) is 23.4. The van der Waals surface area contributed by atoms with E-state index in [1.165, 1.54) is 5.56 Å². The molecule has 0 atom stereocenters. The van der Waals surface area contributed by atoms with Crippen LogP contribution in [-0.4, -0.2) is 60.9 Å². The van der Waals surface area contributed by atoms with Gasteiger partial charge in [-0.15, -0.1) is 0 Å². The molecule has 2 rings (SSSR count). The molecule has 1 aromatic heterocycles. The van der Waals surface area contributed by atoms with Gasteiger partial charge >= 0.3 is 0 Å². The van der Waals surface area contributed by atoms with Crippen LogP contribution < -0.4 is 10.6 Å².